The molecule has 2 amide bonds. The first-order valence-electron chi connectivity index (χ1n) is 12.9. The van der Waals surface area contributed by atoms with Crippen LogP contribution in [0.1, 0.15) is 58.5 Å². The van der Waals surface area contributed by atoms with Crippen molar-refractivity contribution in [1.82, 2.24) is 14.8 Å². The predicted molar refractivity (Wildman–Crippen MR) is 156 cm³/mol. The van der Waals surface area contributed by atoms with Gasteiger partial charge in [0.05, 0.1) is 13.2 Å². The van der Waals surface area contributed by atoms with Gasteiger partial charge in [-0.25, -0.2) is 0 Å². The van der Waals surface area contributed by atoms with E-state index >= 15 is 0 Å². The molecule has 40 heavy (non-hydrogen) atoms. The van der Waals surface area contributed by atoms with E-state index in [9.17, 15) is 19.2 Å². The molecule has 0 aliphatic rings. The van der Waals surface area contributed by atoms with Crippen LogP contribution in [0.4, 0.5) is 0 Å². The summed E-state index contributed by atoms with van der Waals surface area (Å²) >= 11 is 0. The maximum Gasteiger partial charge on any atom is 0.325 e. The molecule has 2 aromatic carbocycles. The van der Waals surface area contributed by atoms with Crippen LogP contribution in [0.2, 0.25) is 0 Å². The third-order valence-corrected chi connectivity index (χ3v) is 6.29. The molecular formula is C29H36ClN5O5. The number of hydrogen-bond acceptors (Lipinski definition) is 6. The van der Waals surface area contributed by atoms with Gasteiger partial charge >= 0.3 is 5.97 Å². The molecule has 0 spiro atoms. The van der Waals surface area contributed by atoms with Crippen molar-refractivity contribution in [3.05, 3.63) is 70.9 Å². The van der Waals surface area contributed by atoms with Gasteiger partial charge in [0.25, 0.3) is 5.91 Å². The summed E-state index contributed by atoms with van der Waals surface area (Å²) in [7, 11) is 1.85. The number of halogens is 1. The molecule has 1 heterocycles. The molecule has 0 radical (unpaired) electrons. The first-order chi connectivity index (χ1) is 18.6. The van der Waals surface area contributed by atoms with Gasteiger partial charge in [-0.1, -0.05) is 31.2 Å². The summed E-state index contributed by atoms with van der Waals surface area (Å²) in [5.41, 5.74) is 8.81. The molecule has 0 bridgehead atoms. The molecule has 1 aromatic heterocycles. The lowest BCUT2D eigenvalue weighted by Gasteiger charge is -2.21. The largest absolute Gasteiger partial charge is 0.465 e. The van der Waals surface area contributed by atoms with Crippen LogP contribution in [0.25, 0.3) is 10.9 Å². The number of ketones is 1. The average molecular weight is 570 g/mol. The molecule has 3 aromatic rings. The first kappa shape index (κ1) is 32.0. The van der Waals surface area contributed by atoms with E-state index in [0.29, 0.717) is 41.5 Å². The SMILES string of the molecule is CCCN(CC(=O)NCC(=O)OCC)C(=O)c1ccc2c(c1)c(C(=O)CCc1ccc(C(=N)N)cc1)cn2C.Cl. The van der Waals surface area contributed by atoms with Gasteiger partial charge in [0, 0.05) is 53.8 Å². The van der Waals surface area contributed by atoms with Gasteiger partial charge in [-0.2, -0.15) is 0 Å². The van der Waals surface area contributed by atoms with Crippen molar-refractivity contribution in [2.24, 2.45) is 12.8 Å². The number of fused-ring (bicyclic) bond motifs is 1. The highest BCUT2D eigenvalue weighted by Crippen LogP contribution is 2.25. The first-order valence-corrected chi connectivity index (χ1v) is 12.9. The molecular weight excluding hydrogens is 534 g/mol. The van der Waals surface area contributed by atoms with E-state index in [4.69, 9.17) is 15.9 Å². The molecule has 0 aliphatic heterocycles. The second-order valence-corrected chi connectivity index (χ2v) is 9.23. The maximum atomic E-state index is 13.4. The van der Waals surface area contributed by atoms with E-state index in [1.807, 2.05) is 30.7 Å². The van der Waals surface area contributed by atoms with E-state index < -0.39 is 11.9 Å². The van der Waals surface area contributed by atoms with Gasteiger partial charge in [0.2, 0.25) is 5.91 Å². The lowest BCUT2D eigenvalue weighted by molar-refractivity contribution is -0.143. The van der Waals surface area contributed by atoms with E-state index in [-0.39, 0.29) is 56.1 Å². The van der Waals surface area contributed by atoms with Gasteiger partial charge < -0.3 is 25.3 Å². The predicted octanol–water partition coefficient (Wildman–Crippen LogP) is 3.23. The number of hydrogen-bond donors (Lipinski definition) is 3. The minimum atomic E-state index is -0.543. The Morgan fingerprint density at radius 1 is 1.05 bits per heavy atom. The van der Waals surface area contributed by atoms with Crippen LogP contribution in [-0.2, 0) is 27.8 Å². The van der Waals surface area contributed by atoms with Crippen LogP contribution >= 0.6 is 12.4 Å². The fourth-order valence-corrected chi connectivity index (χ4v) is 4.31. The molecule has 3 rings (SSSR count). The standard InChI is InChI=1S/C29H35N5O5.ClH/c1-4-14-34(18-26(36)32-16-27(37)39-5-2)29(38)21-11-12-24-22(15-21)23(17-33(24)3)25(35)13-8-19-6-9-20(10-7-19)28(30)31;/h6-7,9-12,15,17H,4-5,8,13-14,16,18H2,1-3H3,(H3,30,31)(H,32,36);1H. The Labute approximate surface area is 239 Å². The number of nitrogens with two attached hydrogens (primary N) is 1. The van der Waals surface area contributed by atoms with Crippen LogP contribution in [0, 0.1) is 5.41 Å². The number of aromatic nitrogens is 1. The second kappa shape index (κ2) is 14.8. The molecule has 4 N–H and O–H groups in total. The number of amidine groups is 1. The molecule has 10 nitrogen and oxygen atoms in total. The topological polar surface area (TPSA) is 148 Å². The average Bonchev–Trinajstić information content (AvgIpc) is 3.26. The number of amides is 2. The number of rotatable bonds is 13. The third-order valence-electron chi connectivity index (χ3n) is 6.29. The summed E-state index contributed by atoms with van der Waals surface area (Å²) < 4.78 is 6.67. The molecule has 0 saturated heterocycles. The number of nitrogens with one attached hydrogen (secondary N) is 2. The van der Waals surface area contributed by atoms with Crippen LogP contribution in [0.3, 0.4) is 0 Å². The van der Waals surface area contributed by atoms with Crippen molar-refractivity contribution in [2.45, 2.75) is 33.1 Å². The van der Waals surface area contributed by atoms with E-state index in [2.05, 4.69) is 5.32 Å². The van der Waals surface area contributed by atoms with Gasteiger partial charge in [0.1, 0.15) is 12.4 Å². The Balaban J connectivity index is 0.00000560. The Morgan fingerprint density at radius 3 is 2.35 bits per heavy atom. The molecule has 11 heteroatoms. The molecule has 214 valence electrons. The van der Waals surface area contributed by atoms with E-state index in [0.717, 1.165) is 11.1 Å². The molecule has 0 saturated carbocycles. The summed E-state index contributed by atoms with van der Waals surface area (Å²) in [5, 5.41) is 10.7. The Hall–Kier alpha value is -4.18. The molecule has 0 fully saturated rings. The molecule has 0 atom stereocenters. The van der Waals surface area contributed by atoms with Crippen molar-refractivity contribution < 1.29 is 23.9 Å². The van der Waals surface area contributed by atoms with Crippen molar-refractivity contribution in [3.8, 4) is 0 Å². The number of carbonyl (C=O) groups excluding carboxylic acids is 4. The highest BCUT2D eigenvalue weighted by molar-refractivity contribution is 6.10. The van der Waals surface area contributed by atoms with E-state index in [1.54, 1.807) is 43.5 Å². The minimum absolute atomic E-state index is 0. The zero-order chi connectivity index (χ0) is 28.5. The van der Waals surface area contributed by atoms with Crippen LogP contribution < -0.4 is 11.1 Å². The fourth-order valence-electron chi connectivity index (χ4n) is 4.31. The van der Waals surface area contributed by atoms with Crippen LogP contribution in [-0.4, -0.2) is 65.1 Å². The Bertz CT molecular complexity index is 1380. The lowest BCUT2D eigenvalue weighted by Crippen LogP contribution is -2.42. The van der Waals surface area contributed by atoms with Crippen molar-refractivity contribution >= 4 is 52.7 Å². The van der Waals surface area contributed by atoms with Crippen molar-refractivity contribution in [2.75, 3.05) is 26.2 Å². The van der Waals surface area contributed by atoms with Gasteiger partial charge in [-0.15, -0.1) is 12.4 Å². The smallest absolute Gasteiger partial charge is 0.325 e. The summed E-state index contributed by atoms with van der Waals surface area (Å²) in [6, 6.07) is 12.4. The maximum absolute atomic E-state index is 13.4. The lowest BCUT2D eigenvalue weighted by atomic mass is 10.0. The van der Waals surface area contributed by atoms with Crippen LogP contribution in [0.5, 0.6) is 0 Å². The van der Waals surface area contributed by atoms with Gasteiger partial charge in [0.15, 0.2) is 5.78 Å². The summed E-state index contributed by atoms with van der Waals surface area (Å²) in [6.07, 6.45) is 3.21. The molecule has 0 aliphatic carbocycles. The number of nitrogen functional groups attached to an aromatic ring is 1. The fraction of sp³-hybridized carbons (Fsp3) is 0.345. The van der Waals surface area contributed by atoms with Crippen molar-refractivity contribution in [3.63, 3.8) is 0 Å². The number of ether oxygens (including phenoxy) is 1. The summed E-state index contributed by atoms with van der Waals surface area (Å²) in [4.78, 5) is 51.9. The Morgan fingerprint density at radius 2 is 1.73 bits per heavy atom. The Kier molecular flexibility index (Phi) is 11.9. The van der Waals surface area contributed by atoms with E-state index in [1.165, 1.54) is 4.90 Å². The zero-order valence-corrected chi connectivity index (χ0v) is 23.8. The van der Waals surface area contributed by atoms with Gasteiger partial charge in [-0.3, -0.25) is 24.6 Å². The number of carbonyl (C=O) groups is 4. The zero-order valence-electron chi connectivity index (χ0n) is 23.0. The normalized spacial score (nSPS) is 10.5. The second-order valence-electron chi connectivity index (χ2n) is 9.23. The monoisotopic (exact) mass is 569 g/mol. The minimum Gasteiger partial charge on any atom is -0.465 e. The highest BCUT2D eigenvalue weighted by atomic mass is 35.5. The molecule has 0 unspecified atom stereocenters. The quantitative estimate of drug-likeness (QED) is 0.125. The number of esters is 1. The number of benzene rings is 2. The number of nitrogens with zero attached hydrogens (tertiary/aromatic N) is 2. The van der Waals surface area contributed by atoms with Gasteiger partial charge in [-0.05, 0) is 43.5 Å². The summed E-state index contributed by atoms with van der Waals surface area (Å²) in [5.74, 6) is -1.40. The van der Waals surface area contributed by atoms with Crippen molar-refractivity contribution in [1.29, 1.82) is 5.41 Å². The third kappa shape index (κ3) is 8.16. The summed E-state index contributed by atoms with van der Waals surface area (Å²) in [6.45, 7) is 3.69. The highest BCUT2D eigenvalue weighted by Gasteiger charge is 2.21. The number of aryl methyl sites for hydroxylation is 2. The van der Waals surface area contributed by atoms with Crippen LogP contribution in [0.15, 0.2) is 48.7 Å². The number of Topliss-reactive ketones (excluding diaryl/α,β-unsaturated/α-hetero) is 1.